The first-order valence-corrected chi connectivity index (χ1v) is 12.0. The highest BCUT2D eigenvalue weighted by molar-refractivity contribution is 6.42. The quantitative estimate of drug-likeness (QED) is 0.144. The maximum absolute atomic E-state index is 11.9. The first-order chi connectivity index (χ1) is 18.1. The fraction of sp³-hybridized carbons (Fsp3) is 0.185. The normalized spacial score (nSPS) is 11.0. The predicted molar refractivity (Wildman–Crippen MR) is 152 cm³/mol. The van der Waals surface area contributed by atoms with Crippen LogP contribution in [0.1, 0.15) is 16.7 Å². The van der Waals surface area contributed by atoms with Gasteiger partial charge in [0, 0.05) is 13.1 Å². The number of rotatable bonds is 9. The van der Waals surface area contributed by atoms with Crippen LogP contribution in [0.15, 0.2) is 54.2 Å². The fourth-order valence-corrected chi connectivity index (χ4v) is 4.21. The van der Waals surface area contributed by atoms with Crippen LogP contribution in [0.3, 0.4) is 0 Å². The highest BCUT2D eigenvalue weighted by Gasteiger charge is 2.24. The summed E-state index contributed by atoms with van der Waals surface area (Å²) in [5.41, 5.74) is 3.66. The van der Waals surface area contributed by atoms with Crippen LogP contribution in [0.25, 0.3) is 0 Å². The maximum atomic E-state index is 11.9. The summed E-state index contributed by atoms with van der Waals surface area (Å²) in [6.45, 7) is 7.25. The van der Waals surface area contributed by atoms with Crippen molar-refractivity contribution >= 4 is 64.2 Å². The number of aryl methyl sites for hydroxylation is 2. The molecule has 0 saturated carbocycles. The number of nitrogens with zero attached hydrogens (tertiary/aromatic N) is 3. The Bertz CT molecular complexity index is 1400. The molecule has 0 atom stereocenters. The molecule has 2 N–H and O–H groups in total. The molecular formula is C27H27Cl2N5O4. The van der Waals surface area contributed by atoms with E-state index in [1.54, 1.807) is 24.4 Å². The number of amidine groups is 1. The Morgan fingerprint density at radius 3 is 2.32 bits per heavy atom. The maximum Gasteiger partial charge on any atom is 0.247 e. The number of pyridine rings is 1. The summed E-state index contributed by atoms with van der Waals surface area (Å²) in [5.74, 6) is 0.981. The minimum Gasteiger partial charge on any atom is -0.495 e. The van der Waals surface area contributed by atoms with Crippen molar-refractivity contribution < 1.29 is 19.1 Å². The summed E-state index contributed by atoms with van der Waals surface area (Å²) in [7, 11) is 4.45. The second-order valence-corrected chi connectivity index (χ2v) is 8.86. The van der Waals surface area contributed by atoms with E-state index in [0.717, 1.165) is 11.1 Å². The van der Waals surface area contributed by atoms with Gasteiger partial charge in [-0.2, -0.15) is 0 Å². The molecule has 0 aliphatic rings. The monoisotopic (exact) mass is 555 g/mol. The molecule has 9 nitrogen and oxygen atoms in total. The number of carbonyl (C=O) groups excluding carboxylic acids is 2. The standard InChI is InChI=1S/C27H27Cl2N5O4/c1-7-22(36)31-17-10-8-9-15(2)26(17)33-21-11-16(3)18(13-30-21)32-27(34(4)14-35)23-24(28)19(37-5)12-20(38-6)25(23)29/h7-14H,1H2,2-6H3,(H,30,33)(H,31,36). The number of carbonyl (C=O) groups is 2. The van der Waals surface area contributed by atoms with E-state index in [1.165, 1.54) is 32.2 Å². The Morgan fingerprint density at radius 2 is 1.76 bits per heavy atom. The molecule has 1 heterocycles. The summed E-state index contributed by atoms with van der Waals surface area (Å²) in [4.78, 5) is 34.1. The van der Waals surface area contributed by atoms with E-state index < -0.39 is 0 Å². The van der Waals surface area contributed by atoms with Gasteiger partial charge in [-0.1, -0.05) is 41.9 Å². The van der Waals surface area contributed by atoms with Crippen molar-refractivity contribution in [3.05, 3.63) is 75.9 Å². The average Bonchev–Trinajstić information content (AvgIpc) is 2.90. The predicted octanol–water partition coefficient (Wildman–Crippen LogP) is 6.06. The number of ether oxygens (including phenoxy) is 2. The van der Waals surface area contributed by atoms with Gasteiger partial charge in [0.1, 0.15) is 23.2 Å². The number of benzene rings is 2. The van der Waals surface area contributed by atoms with Crippen LogP contribution < -0.4 is 20.1 Å². The number of aromatic nitrogens is 1. The molecule has 3 rings (SSSR count). The van der Waals surface area contributed by atoms with Gasteiger partial charge in [0.05, 0.1) is 53.1 Å². The number of para-hydroxylation sites is 1. The largest absolute Gasteiger partial charge is 0.495 e. The zero-order valence-electron chi connectivity index (χ0n) is 21.6. The third-order valence-electron chi connectivity index (χ3n) is 5.57. The Hall–Kier alpha value is -4.08. The summed E-state index contributed by atoms with van der Waals surface area (Å²) in [6.07, 6.45) is 3.34. The van der Waals surface area contributed by atoms with Crippen LogP contribution >= 0.6 is 23.2 Å². The highest BCUT2D eigenvalue weighted by Crippen LogP contribution is 2.41. The summed E-state index contributed by atoms with van der Waals surface area (Å²) < 4.78 is 10.7. The van der Waals surface area contributed by atoms with Gasteiger partial charge in [-0.3, -0.25) is 9.59 Å². The topological polar surface area (TPSA) is 105 Å². The third kappa shape index (κ3) is 6.07. The molecule has 0 aliphatic carbocycles. The van der Waals surface area contributed by atoms with E-state index in [9.17, 15) is 9.59 Å². The van der Waals surface area contributed by atoms with Crippen LogP contribution in [0, 0.1) is 13.8 Å². The first-order valence-electron chi connectivity index (χ1n) is 11.3. The Balaban J connectivity index is 2.08. The molecule has 0 saturated heterocycles. The van der Waals surface area contributed by atoms with Gasteiger partial charge in [0.15, 0.2) is 0 Å². The fourth-order valence-electron chi connectivity index (χ4n) is 3.54. The van der Waals surface area contributed by atoms with Crippen LogP contribution in [0.2, 0.25) is 10.0 Å². The summed E-state index contributed by atoms with van der Waals surface area (Å²) >= 11 is 13.2. The summed E-state index contributed by atoms with van der Waals surface area (Å²) in [5, 5.41) is 6.38. The van der Waals surface area contributed by atoms with Gasteiger partial charge in [0.25, 0.3) is 0 Å². The number of amides is 2. The number of aliphatic imine (C=N–C) groups is 1. The van der Waals surface area contributed by atoms with Gasteiger partial charge in [-0.05, 0) is 43.2 Å². The van der Waals surface area contributed by atoms with E-state index >= 15 is 0 Å². The molecule has 11 heteroatoms. The molecular weight excluding hydrogens is 529 g/mol. The number of hydrogen-bond donors (Lipinski definition) is 2. The molecule has 2 amide bonds. The lowest BCUT2D eigenvalue weighted by molar-refractivity contribution is -0.114. The number of methoxy groups -OCH3 is 2. The van der Waals surface area contributed by atoms with Crippen LogP contribution in [0.4, 0.5) is 22.9 Å². The van der Waals surface area contributed by atoms with Crippen molar-refractivity contribution in [2.24, 2.45) is 4.99 Å². The molecule has 198 valence electrons. The van der Waals surface area contributed by atoms with E-state index in [1.807, 2.05) is 26.0 Å². The number of anilines is 3. The van der Waals surface area contributed by atoms with Crippen molar-refractivity contribution in [1.82, 2.24) is 9.88 Å². The minimum absolute atomic E-state index is 0.170. The number of halogens is 2. The van der Waals surface area contributed by atoms with Gasteiger partial charge in [-0.25, -0.2) is 9.98 Å². The second kappa shape index (κ2) is 12.4. The number of hydrogen-bond acceptors (Lipinski definition) is 7. The Kier molecular flexibility index (Phi) is 9.33. The molecule has 1 aromatic heterocycles. The van der Waals surface area contributed by atoms with Crippen molar-refractivity contribution in [1.29, 1.82) is 0 Å². The first kappa shape index (κ1) is 28.5. The molecule has 2 aromatic carbocycles. The van der Waals surface area contributed by atoms with Gasteiger partial charge in [0.2, 0.25) is 12.3 Å². The second-order valence-electron chi connectivity index (χ2n) is 8.11. The zero-order chi connectivity index (χ0) is 28.0. The molecule has 0 aliphatic heterocycles. The lowest BCUT2D eigenvalue weighted by atomic mass is 10.1. The van der Waals surface area contributed by atoms with Crippen molar-refractivity contribution in [2.75, 3.05) is 31.9 Å². The van der Waals surface area contributed by atoms with Crippen LogP contribution in [-0.4, -0.2) is 49.3 Å². The van der Waals surface area contributed by atoms with E-state index in [-0.39, 0.29) is 27.4 Å². The molecule has 38 heavy (non-hydrogen) atoms. The van der Waals surface area contributed by atoms with Crippen molar-refractivity contribution in [3.8, 4) is 11.5 Å². The lowest BCUT2D eigenvalue weighted by Crippen LogP contribution is -2.27. The third-order valence-corrected chi connectivity index (χ3v) is 6.32. The van der Waals surface area contributed by atoms with E-state index in [2.05, 4.69) is 27.2 Å². The zero-order valence-corrected chi connectivity index (χ0v) is 23.1. The van der Waals surface area contributed by atoms with Crippen LogP contribution in [-0.2, 0) is 9.59 Å². The highest BCUT2D eigenvalue weighted by atomic mass is 35.5. The van der Waals surface area contributed by atoms with Crippen molar-refractivity contribution in [2.45, 2.75) is 13.8 Å². The Labute approximate surface area is 231 Å². The van der Waals surface area contributed by atoms with E-state index in [0.29, 0.717) is 40.8 Å². The average molecular weight is 556 g/mol. The molecule has 0 spiro atoms. The van der Waals surface area contributed by atoms with Gasteiger partial charge in [-0.15, -0.1) is 0 Å². The van der Waals surface area contributed by atoms with Gasteiger partial charge < -0.3 is 25.0 Å². The van der Waals surface area contributed by atoms with Crippen LogP contribution in [0.5, 0.6) is 11.5 Å². The van der Waals surface area contributed by atoms with E-state index in [4.69, 9.17) is 32.7 Å². The molecule has 0 bridgehead atoms. The minimum atomic E-state index is -0.328. The Morgan fingerprint density at radius 1 is 1.11 bits per heavy atom. The SMILES string of the molecule is C=CC(=O)Nc1cccc(C)c1Nc1cc(C)c(N=C(c2c(Cl)c(OC)cc(OC)c2Cl)N(C)C=O)cn1. The number of nitrogens with one attached hydrogen (secondary N) is 2. The molecule has 3 aromatic rings. The summed E-state index contributed by atoms with van der Waals surface area (Å²) in [6, 6.07) is 8.87. The molecule has 0 radical (unpaired) electrons. The van der Waals surface area contributed by atoms with Gasteiger partial charge >= 0.3 is 0 Å². The molecule has 0 unspecified atom stereocenters. The van der Waals surface area contributed by atoms with Crippen molar-refractivity contribution in [3.63, 3.8) is 0 Å². The molecule has 0 fully saturated rings. The lowest BCUT2D eigenvalue weighted by Gasteiger charge is -2.20. The smallest absolute Gasteiger partial charge is 0.247 e.